The normalized spacial score (nSPS) is 24.1. The highest BCUT2D eigenvalue weighted by molar-refractivity contribution is 6.25. The number of morpholine rings is 1. The number of anilines is 1. The first-order valence-corrected chi connectivity index (χ1v) is 20.2. The molecule has 61 heavy (non-hydrogen) atoms. The maximum Gasteiger partial charge on any atom is 0.329 e. The predicted octanol–water partition coefficient (Wildman–Crippen LogP) is 5.81. The number of hydrogen-bond donors (Lipinski definition) is 4. The molecule has 8 rings (SSSR count). The molecule has 5 aromatic rings. The molecule has 3 aliphatic heterocycles. The number of aliphatic hydroxyl groups excluding tert-OH is 1. The van der Waals surface area contributed by atoms with Crippen LogP contribution in [0.5, 0.6) is 5.75 Å². The number of phenolic OH excluding ortho intramolecular Hbond substituents is 1. The van der Waals surface area contributed by atoms with Crippen LogP contribution in [0.2, 0.25) is 0 Å². The lowest BCUT2D eigenvalue weighted by Gasteiger charge is -2.46. The summed E-state index contributed by atoms with van der Waals surface area (Å²) >= 11 is 0. The number of carbonyl (C=O) groups is 5. The van der Waals surface area contributed by atoms with Gasteiger partial charge in [0.2, 0.25) is 11.8 Å². The van der Waals surface area contributed by atoms with Crippen molar-refractivity contribution in [2.24, 2.45) is 11.8 Å². The third-order valence-electron chi connectivity index (χ3n) is 12.1. The molecular weight excluding hydrogens is 777 g/mol. The van der Waals surface area contributed by atoms with Crippen molar-refractivity contribution >= 4 is 35.5 Å². The van der Waals surface area contributed by atoms with Gasteiger partial charge in [0.25, 0.3) is 0 Å². The average Bonchev–Trinajstić information content (AvgIpc) is 3.74. The number of amides is 4. The molecule has 4 amide bonds. The first-order valence-electron chi connectivity index (χ1n) is 20.2. The largest absolute Gasteiger partial charge is 0.508 e. The Kier molecular flexibility index (Phi) is 11.2. The second-order valence-corrected chi connectivity index (χ2v) is 15.9. The van der Waals surface area contributed by atoms with Crippen LogP contribution in [0.25, 0.3) is 0 Å². The number of imide groups is 1. The number of urea groups is 1. The van der Waals surface area contributed by atoms with Gasteiger partial charge in [-0.25, -0.2) is 14.5 Å². The second-order valence-electron chi connectivity index (χ2n) is 15.9. The summed E-state index contributed by atoms with van der Waals surface area (Å²) in [6.07, 6.45) is -2.08. The van der Waals surface area contributed by atoms with Crippen molar-refractivity contribution < 1.29 is 43.7 Å². The first-order chi connectivity index (χ1) is 29.5. The van der Waals surface area contributed by atoms with Crippen molar-refractivity contribution in [1.29, 1.82) is 0 Å². The summed E-state index contributed by atoms with van der Waals surface area (Å²) in [5.41, 5.74) is 0.781. The molecule has 13 heteroatoms. The van der Waals surface area contributed by atoms with E-state index in [0.717, 1.165) is 10.5 Å². The fourth-order valence-electron chi connectivity index (χ4n) is 9.44. The number of para-hydroxylation sites is 1. The van der Waals surface area contributed by atoms with Gasteiger partial charge >= 0.3 is 18.0 Å². The van der Waals surface area contributed by atoms with E-state index in [1.807, 2.05) is 65.6 Å². The number of methoxy groups -OCH3 is 1. The summed E-state index contributed by atoms with van der Waals surface area (Å²) in [7, 11) is 1.20. The molecule has 3 aliphatic rings. The van der Waals surface area contributed by atoms with Crippen LogP contribution in [0.4, 0.5) is 10.5 Å². The Morgan fingerprint density at radius 3 is 1.98 bits per heavy atom. The summed E-state index contributed by atoms with van der Waals surface area (Å²) in [5, 5.41) is 27.4. The van der Waals surface area contributed by atoms with Crippen LogP contribution in [-0.4, -0.2) is 70.6 Å². The molecule has 13 nitrogen and oxygen atoms in total. The standard InChI is InChI=1S/C48H46N4O9/c1-28(2)38(44(56)60-3)50-47(59)51-35-22-14-13-21-34(35)48(46(51)58)37(43(55)49-27-36(54)29-15-7-4-8-16-29)40-45(57)61-41(31-19-11-6-12-20-31)39(30-17-9-5-10-18-30)52(40)42(48)32-23-25-33(53)26-24-32/h4-26,28,36-42,53-54H,27H2,1-3H3,(H,49,55)(H,50,59). The third-order valence-corrected chi connectivity index (χ3v) is 12.1. The van der Waals surface area contributed by atoms with Gasteiger partial charge in [0.1, 0.15) is 29.4 Å². The molecule has 0 saturated carbocycles. The summed E-state index contributed by atoms with van der Waals surface area (Å²) < 4.78 is 11.4. The number of ether oxygens (including phenoxy) is 2. The number of fused-ring (bicyclic) bond motifs is 3. The Morgan fingerprint density at radius 2 is 1.36 bits per heavy atom. The van der Waals surface area contributed by atoms with Crippen LogP contribution in [0.3, 0.4) is 0 Å². The number of rotatable bonds is 10. The maximum atomic E-state index is 16.1. The Labute approximate surface area is 352 Å². The van der Waals surface area contributed by atoms with Crippen molar-refractivity contribution in [3.8, 4) is 5.75 Å². The molecule has 0 aromatic heterocycles. The minimum absolute atomic E-state index is 0.0574. The van der Waals surface area contributed by atoms with Crippen molar-refractivity contribution in [1.82, 2.24) is 15.5 Å². The average molecular weight is 823 g/mol. The van der Waals surface area contributed by atoms with Crippen LogP contribution in [0, 0.1) is 11.8 Å². The van der Waals surface area contributed by atoms with Gasteiger partial charge in [-0.3, -0.25) is 19.3 Å². The molecule has 312 valence electrons. The highest BCUT2D eigenvalue weighted by atomic mass is 16.6. The predicted molar refractivity (Wildman–Crippen MR) is 224 cm³/mol. The van der Waals surface area contributed by atoms with E-state index in [1.165, 1.54) is 19.2 Å². The number of nitrogens with one attached hydrogen (secondary N) is 2. The molecular formula is C48H46N4O9. The van der Waals surface area contributed by atoms with Crippen molar-refractivity contribution in [3.05, 3.63) is 167 Å². The van der Waals surface area contributed by atoms with E-state index in [-0.39, 0.29) is 23.5 Å². The summed E-state index contributed by atoms with van der Waals surface area (Å²) in [5.74, 6) is -5.12. The van der Waals surface area contributed by atoms with Gasteiger partial charge in [-0.2, -0.15) is 0 Å². The Bertz CT molecular complexity index is 2430. The lowest BCUT2D eigenvalue weighted by Crippen LogP contribution is -2.58. The van der Waals surface area contributed by atoms with Gasteiger partial charge in [0.05, 0.1) is 36.9 Å². The number of esters is 2. The number of phenols is 1. The number of aromatic hydroxyl groups is 1. The first kappa shape index (κ1) is 40.9. The number of aliphatic hydroxyl groups is 1. The molecule has 2 saturated heterocycles. The van der Waals surface area contributed by atoms with E-state index in [0.29, 0.717) is 16.7 Å². The SMILES string of the molecule is COC(=O)C(NC(=O)N1C(=O)C2(c3ccccc31)C(C(=O)NCC(O)c1ccccc1)C1C(=O)OC(c3ccccc3)C(c3ccccc3)N1C2c1ccc(O)cc1)C(C)C. The summed E-state index contributed by atoms with van der Waals surface area (Å²) in [6.45, 7) is 3.17. The van der Waals surface area contributed by atoms with Gasteiger partial charge in [-0.05, 0) is 51.9 Å². The van der Waals surface area contributed by atoms with E-state index in [9.17, 15) is 19.8 Å². The monoisotopic (exact) mass is 822 g/mol. The Morgan fingerprint density at radius 1 is 0.770 bits per heavy atom. The molecule has 2 fully saturated rings. The van der Waals surface area contributed by atoms with Crippen molar-refractivity contribution in [3.63, 3.8) is 0 Å². The van der Waals surface area contributed by atoms with Gasteiger partial charge in [-0.15, -0.1) is 0 Å². The summed E-state index contributed by atoms with van der Waals surface area (Å²) in [4.78, 5) is 76.9. The highest BCUT2D eigenvalue weighted by Gasteiger charge is 2.75. The molecule has 5 aromatic carbocycles. The lowest BCUT2D eigenvalue weighted by molar-refractivity contribution is -0.178. The quantitative estimate of drug-likeness (QED) is 0.126. The molecule has 8 atom stereocenters. The van der Waals surface area contributed by atoms with Crippen molar-refractivity contribution in [2.45, 2.75) is 55.6 Å². The Balaban J connectivity index is 1.38. The zero-order valence-corrected chi connectivity index (χ0v) is 33.8. The molecule has 0 aliphatic carbocycles. The second kappa shape index (κ2) is 16.7. The highest BCUT2D eigenvalue weighted by Crippen LogP contribution is 2.65. The number of cyclic esters (lactones) is 1. The van der Waals surface area contributed by atoms with Crippen LogP contribution in [0.1, 0.15) is 66.0 Å². The maximum absolute atomic E-state index is 16.1. The van der Waals surface area contributed by atoms with Gasteiger partial charge in [-0.1, -0.05) is 135 Å². The fourth-order valence-corrected chi connectivity index (χ4v) is 9.44. The molecule has 0 radical (unpaired) electrons. The zero-order valence-electron chi connectivity index (χ0n) is 33.8. The summed E-state index contributed by atoms with van der Waals surface area (Å²) in [6, 6.07) is 34.7. The van der Waals surface area contributed by atoms with Gasteiger partial charge in [0, 0.05) is 6.54 Å². The van der Waals surface area contributed by atoms with Gasteiger partial charge in [0.15, 0.2) is 0 Å². The smallest absolute Gasteiger partial charge is 0.329 e. The minimum Gasteiger partial charge on any atom is -0.508 e. The van der Waals surface area contributed by atoms with Gasteiger partial charge < -0.3 is 30.3 Å². The molecule has 3 heterocycles. The van der Waals surface area contributed by atoms with Crippen LogP contribution >= 0.6 is 0 Å². The zero-order chi connectivity index (χ0) is 43.0. The van der Waals surface area contributed by atoms with Crippen molar-refractivity contribution in [2.75, 3.05) is 18.6 Å². The van der Waals surface area contributed by atoms with Crippen LogP contribution in [0.15, 0.2) is 140 Å². The van der Waals surface area contributed by atoms with Crippen LogP contribution in [-0.2, 0) is 34.1 Å². The number of hydrogen-bond acceptors (Lipinski definition) is 10. The van der Waals surface area contributed by atoms with E-state index >= 15 is 14.4 Å². The van der Waals surface area contributed by atoms with E-state index in [1.54, 1.807) is 80.6 Å². The third kappa shape index (κ3) is 6.99. The molecule has 8 unspecified atom stereocenters. The van der Waals surface area contributed by atoms with E-state index in [2.05, 4.69) is 10.6 Å². The van der Waals surface area contributed by atoms with Crippen LogP contribution < -0.4 is 15.5 Å². The molecule has 1 spiro atoms. The Hall–Kier alpha value is -6.83. The topological polar surface area (TPSA) is 175 Å². The van der Waals surface area contributed by atoms with E-state index < -0.39 is 83.4 Å². The fraction of sp³-hybridized carbons (Fsp3) is 0.271. The number of carbonyl (C=O) groups excluding carboxylic acids is 5. The van der Waals surface area contributed by atoms with E-state index in [4.69, 9.17) is 9.47 Å². The number of nitrogens with zero attached hydrogens (tertiary/aromatic N) is 2. The lowest BCUT2D eigenvalue weighted by atomic mass is 9.65. The minimum atomic E-state index is -2.03. The molecule has 4 N–H and O–H groups in total. The number of benzene rings is 5. The molecule has 0 bridgehead atoms.